The molecule has 1 heterocycles. The molecule has 0 aliphatic carbocycles. The van der Waals surface area contributed by atoms with Gasteiger partial charge in [-0.25, -0.2) is 4.39 Å². The van der Waals surface area contributed by atoms with Gasteiger partial charge in [0.25, 0.3) is 0 Å². The molecule has 1 aliphatic heterocycles. The number of piperidine rings is 1. The summed E-state index contributed by atoms with van der Waals surface area (Å²) in [6, 6.07) is 13.4. The first-order chi connectivity index (χ1) is 10.1. The highest BCUT2D eigenvalue weighted by Crippen LogP contribution is 2.39. The van der Waals surface area contributed by atoms with E-state index in [4.69, 9.17) is 0 Å². The van der Waals surface area contributed by atoms with Crippen molar-refractivity contribution >= 4 is 31.9 Å². The average molecular weight is 413 g/mol. The second-order valence-corrected chi connectivity index (χ2v) is 7.14. The molecule has 1 fully saturated rings. The maximum atomic E-state index is 13.1. The lowest BCUT2D eigenvalue weighted by Gasteiger charge is -2.33. The van der Waals surface area contributed by atoms with Gasteiger partial charge in [0.1, 0.15) is 5.82 Å². The summed E-state index contributed by atoms with van der Waals surface area (Å²) in [5, 5.41) is 3.46. The molecule has 0 bridgehead atoms. The molecule has 1 aliphatic rings. The van der Waals surface area contributed by atoms with Crippen LogP contribution in [0.15, 0.2) is 51.4 Å². The molecule has 4 heteroatoms. The van der Waals surface area contributed by atoms with Crippen LogP contribution in [0, 0.1) is 5.82 Å². The Hall–Kier alpha value is -0.710. The number of hydrogen-bond donors (Lipinski definition) is 1. The van der Waals surface area contributed by atoms with Crippen LogP contribution in [0.25, 0.3) is 0 Å². The summed E-state index contributed by atoms with van der Waals surface area (Å²) < 4.78 is 15.3. The van der Waals surface area contributed by atoms with Gasteiger partial charge in [-0.1, -0.05) is 18.2 Å². The third-order valence-corrected chi connectivity index (χ3v) is 6.03. The fourth-order valence-electron chi connectivity index (χ4n) is 3.06. The molecule has 0 amide bonds. The number of benzene rings is 2. The molecular weight excluding hydrogens is 397 g/mol. The maximum absolute atomic E-state index is 13.1. The molecule has 2 aromatic rings. The number of nitrogens with one attached hydrogen (secondary N) is 1. The summed E-state index contributed by atoms with van der Waals surface area (Å²) in [6.45, 7) is 1.96. The van der Waals surface area contributed by atoms with Crippen molar-refractivity contribution in [2.75, 3.05) is 13.1 Å². The van der Waals surface area contributed by atoms with Gasteiger partial charge in [-0.15, -0.1) is 0 Å². The monoisotopic (exact) mass is 411 g/mol. The van der Waals surface area contributed by atoms with Crippen molar-refractivity contribution in [3.63, 3.8) is 0 Å². The van der Waals surface area contributed by atoms with Crippen LogP contribution < -0.4 is 5.32 Å². The first-order valence-corrected chi connectivity index (χ1v) is 8.65. The highest BCUT2D eigenvalue weighted by Gasteiger charge is 2.28. The van der Waals surface area contributed by atoms with E-state index < -0.39 is 0 Å². The molecule has 1 nitrogen and oxygen atoms in total. The van der Waals surface area contributed by atoms with Crippen LogP contribution in [0.1, 0.15) is 29.4 Å². The molecule has 1 N–H and O–H groups in total. The third kappa shape index (κ3) is 3.38. The summed E-state index contributed by atoms with van der Waals surface area (Å²) in [6.07, 6.45) is 1.09. The highest BCUT2D eigenvalue weighted by molar-refractivity contribution is 9.13. The van der Waals surface area contributed by atoms with Crippen molar-refractivity contribution in [1.29, 1.82) is 0 Å². The second kappa shape index (κ2) is 6.59. The van der Waals surface area contributed by atoms with Crippen LogP contribution in [0.3, 0.4) is 0 Å². The largest absolute Gasteiger partial charge is 0.316 e. The fourth-order valence-corrected chi connectivity index (χ4v) is 3.70. The van der Waals surface area contributed by atoms with E-state index in [0.29, 0.717) is 11.8 Å². The van der Waals surface area contributed by atoms with Crippen LogP contribution in [0.4, 0.5) is 4.39 Å². The lowest BCUT2D eigenvalue weighted by Crippen LogP contribution is -2.34. The van der Waals surface area contributed by atoms with Crippen LogP contribution in [0.2, 0.25) is 0 Å². The van der Waals surface area contributed by atoms with Crippen molar-refractivity contribution in [3.05, 3.63) is 68.4 Å². The first kappa shape index (κ1) is 15.2. The Morgan fingerprint density at radius 2 is 1.62 bits per heavy atom. The average Bonchev–Trinajstić information content (AvgIpc) is 2.51. The van der Waals surface area contributed by atoms with Crippen molar-refractivity contribution < 1.29 is 4.39 Å². The summed E-state index contributed by atoms with van der Waals surface area (Å²) in [7, 11) is 0. The molecule has 110 valence electrons. The van der Waals surface area contributed by atoms with Gasteiger partial charge in [-0.05, 0) is 86.1 Å². The quantitative estimate of drug-likeness (QED) is 0.713. The Bertz CT molecular complexity index is 627. The van der Waals surface area contributed by atoms with Crippen LogP contribution >= 0.6 is 31.9 Å². The Morgan fingerprint density at radius 1 is 0.905 bits per heavy atom. The SMILES string of the molecule is Fc1ccc(C2CNCCC2c2ccc(Br)c(Br)c2)cc1. The molecule has 0 spiro atoms. The van der Waals surface area contributed by atoms with Crippen molar-refractivity contribution in [3.8, 4) is 0 Å². The summed E-state index contributed by atoms with van der Waals surface area (Å²) in [5.41, 5.74) is 2.54. The Labute approximate surface area is 141 Å². The summed E-state index contributed by atoms with van der Waals surface area (Å²) in [4.78, 5) is 0. The topological polar surface area (TPSA) is 12.0 Å². The highest BCUT2D eigenvalue weighted by atomic mass is 79.9. The van der Waals surface area contributed by atoms with Gasteiger partial charge in [0.15, 0.2) is 0 Å². The Balaban J connectivity index is 1.94. The van der Waals surface area contributed by atoms with Crippen LogP contribution in [-0.2, 0) is 0 Å². The molecule has 0 radical (unpaired) electrons. The zero-order chi connectivity index (χ0) is 14.8. The molecular formula is C17H16Br2FN. The Morgan fingerprint density at radius 3 is 2.33 bits per heavy atom. The van der Waals surface area contributed by atoms with Gasteiger partial charge in [0.2, 0.25) is 0 Å². The van der Waals surface area contributed by atoms with E-state index in [1.165, 1.54) is 11.1 Å². The summed E-state index contributed by atoms with van der Waals surface area (Å²) >= 11 is 7.11. The minimum absolute atomic E-state index is 0.176. The lowest BCUT2D eigenvalue weighted by atomic mass is 9.77. The van der Waals surface area contributed by atoms with Gasteiger partial charge in [-0.3, -0.25) is 0 Å². The van der Waals surface area contributed by atoms with Gasteiger partial charge >= 0.3 is 0 Å². The minimum Gasteiger partial charge on any atom is -0.316 e. The number of halogens is 3. The van der Waals surface area contributed by atoms with E-state index >= 15 is 0 Å². The second-order valence-electron chi connectivity index (χ2n) is 5.43. The van der Waals surface area contributed by atoms with E-state index in [1.807, 2.05) is 12.1 Å². The number of hydrogen-bond acceptors (Lipinski definition) is 1. The van der Waals surface area contributed by atoms with E-state index in [0.717, 1.165) is 28.5 Å². The predicted octanol–water partition coefficient (Wildman–Crippen LogP) is 5.21. The van der Waals surface area contributed by atoms with E-state index in [-0.39, 0.29) is 5.82 Å². The normalized spacial score (nSPS) is 22.2. The molecule has 21 heavy (non-hydrogen) atoms. The van der Waals surface area contributed by atoms with Crippen molar-refractivity contribution in [2.45, 2.75) is 18.3 Å². The minimum atomic E-state index is -0.176. The zero-order valence-electron chi connectivity index (χ0n) is 11.5. The van der Waals surface area contributed by atoms with Crippen LogP contribution in [-0.4, -0.2) is 13.1 Å². The summed E-state index contributed by atoms with van der Waals surface area (Å²) in [5.74, 6) is 0.666. The predicted molar refractivity (Wildman–Crippen MR) is 91.2 cm³/mol. The van der Waals surface area contributed by atoms with E-state index in [9.17, 15) is 4.39 Å². The molecule has 1 saturated heterocycles. The molecule has 0 saturated carbocycles. The molecule has 2 atom stereocenters. The fraction of sp³-hybridized carbons (Fsp3) is 0.294. The molecule has 2 aromatic carbocycles. The van der Waals surface area contributed by atoms with Crippen LogP contribution in [0.5, 0.6) is 0 Å². The van der Waals surface area contributed by atoms with Gasteiger partial charge < -0.3 is 5.32 Å². The van der Waals surface area contributed by atoms with E-state index in [1.54, 1.807) is 12.1 Å². The molecule has 0 aromatic heterocycles. The van der Waals surface area contributed by atoms with Crippen molar-refractivity contribution in [1.82, 2.24) is 5.32 Å². The third-order valence-electron chi connectivity index (χ3n) is 4.15. The lowest BCUT2D eigenvalue weighted by molar-refractivity contribution is 0.403. The van der Waals surface area contributed by atoms with Crippen molar-refractivity contribution in [2.24, 2.45) is 0 Å². The van der Waals surface area contributed by atoms with Gasteiger partial charge in [0.05, 0.1) is 0 Å². The maximum Gasteiger partial charge on any atom is 0.123 e. The molecule has 2 unspecified atom stereocenters. The smallest absolute Gasteiger partial charge is 0.123 e. The first-order valence-electron chi connectivity index (χ1n) is 7.06. The zero-order valence-corrected chi connectivity index (χ0v) is 14.6. The number of rotatable bonds is 2. The molecule has 3 rings (SSSR count). The Kier molecular flexibility index (Phi) is 4.77. The van der Waals surface area contributed by atoms with Gasteiger partial charge in [0, 0.05) is 21.4 Å². The van der Waals surface area contributed by atoms with Gasteiger partial charge in [-0.2, -0.15) is 0 Å². The van der Waals surface area contributed by atoms with E-state index in [2.05, 4.69) is 55.4 Å². The standard InChI is InChI=1S/C17H16Br2FN/c18-16-6-3-12(9-17(16)19)14-7-8-21-10-15(14)11-1-4-13(20)5-2-11/h1-6,9,14-15,21H,7-8,10H2.